The minimum absolute atomic E-state index is 0.204. The van der Waals surface area contributed by atoms with E-state index in [1.165, 1.54) is 0 Å². The molecule has 0 radical (unpaired) electrons. The summed E-state index contributed by atoms with van der Waals surface area (Å²) in [4.78, 5) is 18.8. The van der Waals surface area contributed by atoms with E-state index in [0.29, 0.717) is 22.7 Å². The molecular formula is C20H18N4O2S. The summed E-state index contributed by atoms with van der Waals surface area (Å²) in [6.07, 6.45) is 3.59. The Morgan fingerprint density at radius 3 is 2.81 bits per heavy atom. The topological polar surface area (TPSA) is 73.0 Å². The smallest absolute Gasteiger partial charge is 0.256 e. The molecule has 0 saturated carbocycles. The summed E-state index contributed by atoms with van der Waals surface area (Å²) in [6.45, 7) is 1.88. The number of fused-ring (bicyclic) bond motifs is 1. The molecule has 0 spiro atoms. The Balaban J connectivity index is 1.82. The van der Waals surface area contributed by atoms with Crippen LogP contribution >= 0.6 is 11.8 Å². The molecule has 27 heavy (non-hydrogen) atoms. The van der Waals surface area contributed by atoms with Gasteiger partial charge in [0.05, 0.1) is 22.9 Å². The summed E-state index contributed by atoms with van der Waals surface area (Å²) in [5.74, 6) is 0.402. The Labute approximate surface area is 160 Å². The lowest BCUT2D eigenvalue weighted by Gasteiger charge is -2.09. The summed E-state index contributed by atoms with van der Waals surface area (Å²) in [7, 11) is 1.82. The fourth-order valence-electron chi connectivity index (χ4n) is 3.07. The molecule has 1 N–H and O–H groups in total. The van der Waals surface area contributed by atoms with E-state index in [0.717, 1.165) is 21.7 Å². The quantitative estimate of drug-likeness (QED) is 0.529. The number of nitrogens with zero attached hydrogens (tertiary/aromatic N) is 3. The first-order valence-corrected chi connectivity index (χ1v) is 9.63. The van der Waals surface area contributed by atoms with Gasteiger partial charge in [0.25, 0.3) is 5.91 Å². The normalized spacial score (nSPS) is 11.1. The second kappa shape index (κ2) is 6.92. The van der Waals surface area contributed by atoms with Crippen molar-refractivity contribution >= 4 is 34.4 Å². The zero-order valence-electron chi connectivity index (χ0n) is 15.2. The van der Waals surface area contributed by atoms with Crippen LogP contribution in [0.2, 0.25) is 0 Å². The van der Waals surface area contributed by atoms with E-state index in [2.05, 4.69) is 15.4 Å². The minimum atomic E-state index is -0.204. The van der Waals surface area contributed by atoms with E-state index < -0.39 is 0 Å². The lowest BCUT2D eigenvalue weighted by atomic mass is 10.1. The average Bonchev–Trinajstić information content (AvgIpc) is 3.30. The van der Waals surface area contributed by atoms with Crippen LogP contribution in [-0.4, -0.2) is 26.9 Å². The highest BCUT2D eigenvalue weighted by atomic mass is 32.2. The number of hydrogen-bond donors (Lipinski definition) is 1. The van der Waals surface area contributed by atoms with Gasteiger partial charge in [-0.05, 0) is 49.6 Å². The molecule has 6 nitrogen and oxygen atoms in total. The van der Waals surface area contributed by atoms with Crippen LogP contribution in [-0.2, 0) is 7.05 Å². The second-order valence-electron chi connectivity index (χ2n) is 6.13. The van der Waals surface area contributed by atoms with Gasteiger partial charge in [-0.25, -0.2) is 4.98 Å². The third-order valence-corrected chi connectivity index (χ3v) is 5.04. The SMILES string of the molecule is CSc1cccc(NC(=O)c2cc(-c3ccco3)nc3c2c(C)nn3C)c1. The molecule has 0 saturated heterocycles. The summed E-state index contributed by atoms with van der Waals surface area (Å²) < 4.78 is 7.15. The van der Waals surface area contributed by atoms with E-state index in [1.54, 1.807) is 34.8 Å². The van der Waals surface area contributed by atoms with Crippen molar-refractivity contribution in [3.63, 3.8) is 0 Å². The summed E-state index contributed by atoms with van der Waals surface area (Å²) >= 11 is 1.63. The number of hydrogen-bond acceptors (Lipinski definition) is 5. The van der Waals surface area contributed by atoms with Crippen LogP contribution in [0.1, 0.15) is 16.1 Å². The number of rotatable bonds is 4. The predicted octanol–water partition coefficient (Wildman–Crippen LogP) is 4.51. The first kappa shape index (κ1) is 17.4. The summed E-state index contributed by atoms with van der Waals surface area (Å²) in [5.41, 5.74) is 3.27. The van der Waals surface area contributed by atoms with Crippen LogP contribution in [0.15, 0.2) is 58.0 Å². The molecule has 0 bridgehead atoms. The van der Waals surface area contributed by atoms with Crippen LogP contribution in [0.25, 0.3) is 22.5 Å². The second-order valence-corrected chi connectivity index (χ2v) is 7.01. The molecule has 1 amide bonds. The molecule has 0 aliphatic heterocycles. The average molecular weight is 378 g/mol. The molecule has 4 rings (SSSR count). The molecule has 4 aromatic rings. The Morgan fingerprint density at radius 1 is 1.22 bits per heavy atom. The van der Waals surface area contributed by atoms with Gasteiger partial charge in [0.15, 0.2) is 11.4 Å². The first-order valence-electron chi connectivity index (χ1n) is 8.40. The Hall–Kier alpha value is -3.06. The lowest BCUT2D eigenvalue weighted by Crippen LogP contribution is -2.13. The molecule has 0 aliphatic carbocycles. The van der Waals surface area contributed by atoms with Gasteiger partial charge in [0, 0.05) is 17.6 Å². The fraction of sp³-hybridized carbons (Fsp3) is 0.150. The highest BCUT2D eigenvalue weighted by Crippen LogP contribution is 2.28. The maximum Gasteiger partial charge on any atom is 0.256 e. The molecule has 1 aromatic carbocycles. The van der Waals surface area contributed by atoms with Crippen molar-refractivity contribution in [1.29, 1.82) is 0 Å². The highest BCUT2D eigenvalue weighted by Gasteiger charge is 2.20. The number of aromatic nitrogens is 3. The number of furan rings is 1. The first-order chi connectivity index (χ1) is 13.1. The van der Waals surface area contributed by atoms with E-state index >= 15 is 0 Å². The zero-order chi connectivity index (χ0) is 19.0. The molecular weight excluding hydrogens is 360 g/mol. The summed E-state index contributed by atoms with van der Waals surface area (Å²) in [5, 5.41) is 8.16. The van der Waals surface area contributed by atoms with Crippen molar-refractivity contribution in [2.24, 2.45) is 7.05 Å². The Bertz CT molecular complexity index is 1130. The molecule has 136 valence electrons. The third-order valence-electron chi connectivity index (χ3n) is 4.31. The minimum Gasteiger partial charge on any atom is -0.463 e. The van der Waals surface area contributed by atoms with E-state index in [-0.39, 0.29) is 5.91 Å². The number of thioether (sulfide) groups is 1. The zero-order valence-corrected chi connectivity index (χ0v) is 16.0. The predicted molar refractivity (Wildman–Crippen MR) is 107 cm³/mol. The molecule has 3 aromatic heterocycles. The van der Waals surface area contributed by atoms with Gasteiger partial charge in [-0.3, -0.25) is 9.48 Å². The number of anilines is 1. The van der Waals surface area contributed by atoms with Crippen LogP contribution < -0.4 is 5.32 Å². The maximum atomic E-state index is 13.1. The summed E-state index contributed by atoms with van der Waals surface area (Å²) in [6, 6.07) is 13.1. The van der Waals surface area contributed by atoms with E-state index in [9.17, 15) is 4.79 Å². The van der Waals surface area contributed by atoms with Crippen molar-refractivity contribution in [2.45, 2.75) is 11.8 Å². The number of aryl methyl sites for hydroxylation is 2. The van der Waals surface area contributed by atoms with Crippen molar-refractivity contribution in [3.8, 4) is 11.5 Å². The van der Waals surface area contributed by atoms with Crippen molar-refractivity contribution in [1.82, 2.24) is 14.8 Å². The standard InChI is InChI=1S/C20H18N4O2S/c1-12-18-15(20(25)21-13-6-4-7-14(10-13)27-3)11-16(17-8-5-9-26-17)22-19(18)24(2)23-12/h4-11H,1-3H3,(H,21,25). The molecule has 0 atom stereocenters. The van der Waals surface area contributed by atoms with Crippen LogP contribution in [0.4, 0.5) is 5.69 Å². The Kier molecular flexibility index (Phi) is 4.45. The number of benzene rings is 1. The van der Waals surface area contributed by atoms with Gasteiger partial charge in [-0.2, -0.15) is 5.10 Å². The van der Waals surface area contributed by atoms with Gasteiger partial charge >= 0.3 is 0 Å². The number of nitrogens with one attached hydrogen (secondary N) is 1. The number of carbonyl (C=O) groups excluding carboxylic acids is 1. The monoisotopic (exact) mass is 378 g/mol. The fourth-order valence-corrected chi connectivity index (χ4v) is 3.53. The van der Waals surface area contributed by atoms with Gasteiger partial charge in [-0.15, -0.1) is 11.8 Å². The molecule has 3 heterocycles. The Morgan fingerprint density at radius 2 is 2.07 bits per heavy atom. The van der Waals surface area contributed by atoms with Crippen molar-refractivity contribution < 1.29 is 9.21 Å². The van der Waals surface area contributed by atoms with Crippen LogP contribution in [0, 0.1) is 6.92 Å². The van der Waals surface area contributed by atoms with Gasteiger partial charge < -0.3 is 9.73 Å². The molecule has 0 fully saturated rings. The van der Waals surface area contributed by atoms with Crippen LogP contribution in [0.5, 0.6) is 0 Å². The molecule has 0 aliphatic rings. The van der Waals surface area contributed by atoms with E-state index in [1.807, 2.05) is 50.6 Å². The van der Waals surface area contributed by atoms with E-state index in [4.69, 9.17) is 4.42 Å². The van der Waals surface area contributed by atoms with Crippen LogP contribution in [0.3, 0.4) is 0 Å². The highest BCUT2D eigenvalue weighted by molar-refractivity contribution is 7.98. The maximum absolute atomic E-state index is 13.1. The van der Waals surface area contributed by atoms with Crippen molar-refractivity contribution in [3.05, 3.63) is 60.0 Å². The molecule has 0 unspecified atom stereocenters. The molecule has 7 heteroatoms. The number of amides is 1. The largest absolute Gasteiger partial charge is 0.463 e. The van der Waals surface area contributed by atoms with Crippen molar-refractivity contribution in [2.75, 3.05) is 11.6 Å². The van der Waals surface area contributed by atoms with Gasteiger partial charge in [0.2, 0.25) is 0 Å². The number of carbonyl (C=O) groups is 1. The van der Waals surface area contributed by atoms with Gasteiger partial charge in [0.1, 0.15) is 5.69 Å². The lowest BCUT2D eigenvalue weighted by molar-refractivity contribution is 0.102. The number of pyridine rings is 1. The third kappa shape index (κ3) is 3.21. The van der Waals surface area contributed by atoms with Gasteiger partial charge in [-0.1, -0.05) is 6.07 Å².